The third-order valence-electron chi connectivity index (χ3n) is 5.11. The maximum absolute atomic E-state index is 9.45. The zero-order valence-corrected chi connectivity index (χ0v) is 14.6. The van der Waals surface area contributed by atoms with Crippen LogP contribution >= 0.6 is 0 Å². The van der Waals surface area contributed by atoms with Crippen LogP contribution in [-0.4, -0.2) is 56.0 Å². The third-order valence-corrected chi connectivity index (χ3v) is 5.11. The highest BCUT2D eigenvalue weighted by Gasteiger charge is 2.26. The molecular weight excluding hydrogens is 330 g/mol. The number of aliphatic hydroxyl groups is 2. The van der Waals surface area contributed by atoms with Crippen molar-refractivity contribution in [1.82, 2.24) is 19.5 Å². The van der Waals surface area contributed by atoms with Crippen molar-refractivity contribution in [2.24, 2.45) is 5.92 Å². The van der Waals surface area contributed by atoms with Crippen LogP contribution in [0.15, 0.2) is 43.0 Å². The molecule has 3 heterocycles. The number of fused-ring (bicyclic) bond motifs is 1. The smallest absolute Gasteiger partial charge is 0.165 e. The van der Waals surface area contributed by atoms with E-state index >= 15 is 0 Å². The lowest BCUT2D eigenvalue weighted by atomic mass is 9.99. The van der Waals surface area contributed by atoms with Crippen molar-refractivity contribution in [3.63, 3.8) is 0 Å². The molecule has 2 aromatic heterocycles. The minimum atomic E-state index is -0.438. The Morgan fingerprint density at radius 3 is 2.65 bits per heavy atom. The average Bonchev–Trinajstić information content (AvgIpc) is 3.31. The van der Waals surface area contributed by atoms with Gasteiger partial charge in [0.2, 0.25) is 0 Å². The quantitative estimate of drug-likeness (QED) is 0.697. The molecule has 0 bridgehead atoms. The molecule has 1 atom stereocenters. The molecule has 0 radical (unpaired) electrons. The molecule has 2 N–H and O–H groups in total. The van der Waals surface area contributed by atoms with Crippen molar-refractivity contribution in [1.29, 1.82) is 0 Å². The highest BCUT2D eigenvalue weighted by molar-refractivity contribution is 5.83. The second-order valence-electron chi connectivity index (χ2n) is 6.83. The molecule has 1 saturated heterocycles. The molecule has 1 aliphatic heterocycles. The Morgan fingerprint density at radius 2 is 1.88 bits per heavy atom. The van der Waals surface area contributed by atoms with Crippen molar-refractivity contribution in [2.45, 2.75) is 18.9 Å². The lowest BCUT2D eigenvalue weighted by Gasteiger charge is -2.18. The van der Waals surface area contributed by atoms with Crippen LogP contribution in [0.4, 0.5) is 5.82 Å². The van der Waals surface area contributed by atoms with Crippen molar-refractivity contribution in [3.05, 3.63) is 48.5 Å². The molecule has 0 amide bonds. The van der Waals surface area contributed by atoms with Crippen LogP contribution in [0, 0.1) is 5.92 Å². The molecule has 1 unspecified atom stereocenters. The van der Waals surface area contributed by atoms with Crippen LogP contribution in [-0.2, 0) is 6.42 Å². The number of benzene rings is 1. The lowest BCUT2D eigenvalue weighted by Crippen LogP contribution is -2.22. The normalized spacial score (nSPS) is 17.5. The fraction of sp³-hybridized carbons (Fsp3) is 0.421. The van der Waals surface area contributed by atoms with Gasteiger partial charge in [-0.3, -0.25) is 0 Å². The second kappa shape index (κ2) is 7.39. The molecular formula is C19H23N5O2. The monoisotopic (exact) mass is 353 g/mol. The van der Waals surface area contributed by atoms with Crippen LogP contribution in [0.1, 0.15) is 18.0 Å². The van der Waals surface area contributed by atoms with Crippen LogP contribution in [0.3, 0.4) is 0 Å². The molecule has 1 aliphatic rings. The summed E-state index contributed by atoms with van der Waals surface area (Å²) in [6, 6.07) is 10.1. The van der Waals surface area contributed by atoms with E-state index in [9.17, 15) is 10.2 Å². The second-order valence-corrected chi connectivity index (χ2v) is 6.83. The van der Waals surface area contributed by atoms with Gasteiger partial charge in [0, 0.05) is 13.1 Å². The Kier molecular flexibility index (Phi) is 4.81. The molecule has 4 rings (SSSR count). The van der Waals surface area contributed by atoms with Crippen LogP contribution in [0.5, 0.6) is 0 Å². The summed E-state index contributed by atoms with van der Waals surface area (Å²) >= 11 is 0. The summed E-state index contributed by atoms with van der Waals surface area (Å²) < 4.78 is 1.72. The minimum absolute atomic E-state index is 0.163. The maximum Gasteiger partial charge on any atom is 0.165 e. The van der Waals surface area contributed by atoms with E-state index in [2.05, 4.69) is 44.1 Å². The van der Waals surface area contributed by atoms with Gasteiger partial charge in [-0.05, 0) is 24.3 Å². The van der Waals surface area contributed by atoms with E-state index in [4.69, 9.17) is 0 Å². The minimum Gasteiger partial charge on any atom is -0.394 e. The van der Waals surface area contributed by atoms with Gasteiger partial charge in [-0.15, -0.1) is 0 Å². The van der Waals surface area contributed by atoms with Gasteiger partial charge in [0.05, 0.1) is 25.6 Å². The Morgan fingerprint density at radius 1 is 1.08 bits per heavy atom. The number of anilines is 1. The maximum atomic E-state index is 9.45. The number of hydrogen-bond donors (Lipinski definition) is 2. The molecule has 1 aromatic carbocycles. The Labute approximate surface area is 152 Å². The molecule has 7 nitrogen and oxygen atoms in total. The number of rotatable bonds is 6. The molecule has 1 fully saturated rings. The lowest BCUT2D eigenvalue weighted by molar-refractivity contribution is 0.156. The van der Waals surface area contributed by atoms with Crippen molar-refractivity contribution in [3.8, 4) is 0 Å². The fourth-order valence-electron chi connectivity index (χ4n) is 3.71. The molecule has 0 spiro atoms. The third kappa shape index (κ3) is 3.15. The summed E-state index contributed by atoms with van der Waals surface area (Å²) in [5, 5.41) is 18.9. The first-order valence-electron chi connectivity index (χ1n) is 8.98. The van der Waals surface area contributed by atoms with Gasteiger partial charge in [0.15, 0.2) is 17.0 Å². The first-order chi connectivity index (χ1) is 12.8. The summed E-state index contributed by atoms with van der Waals surface area (Å²) in [5.74, 6) is 1.42. The Hall–Kier alpha value is -2.51. The van der Waals surface area contributed by atoms with Crippen LogP contribution < -0.4 is 4.90 Å². The first-order valence-corrected chi connectivity index (χ1v) is 8.98. The van der Waals surface area contributed by atoms with Crippen LogP contribution in [0.25, 0.3) is 11.2 Å². The summed E-state index contributed by atoms with van der Waals surface area (Å²) in [7, 11) is 0. The van der Waals surface area contributed by atoms with Gasteiger partial charge in [-0.2, -0.15) is 0 Å². The SMILES string of the molecule is OCC(CO)n1cnc2c(N3CCC(Cc4ccccc4)C3)ncnc21. The van der Waals surface area contributed by atoms with Gasteiger partial charge in [0.1, 0.15) is 6.33 Å². The van der Waals surface area contributed by atoms with Crippen LogP contribution in [0.2, 0.25) is 0 Å². The fourth-order valence-corrected chi connectivity index (χ4v) is 3.71. The van der Waals surface area contributed by atoms with E-state index in [0.29, 0.717) is 11.6 Å². The summed E-state index contributed by atoms with van der Waals surface area (Å²) in [6.07, 6.45) is 5.35. The predicted octanol–water partition coefficient (Wildman–Crippen LogP) is 1.42. The number of imidazole rings is 1. The van der Waals surface area contributed by atoms with E-state index in [-0.39, 0.29) is 13.2 Å². The van der Waals surface area contributed by atoms with E-state index < -0.39 is 6.04 Å². The van der Waals surface area contributed by atoms with Gasteiger partial charge < -0.3 is 19.7 Å². The first kappa shape index (κ1) is 16.9. The summed E-state index contributed by atoms with van der Waals surface area (Å²) in [5.41, 5.74) is 2.74. The Bertz CT molecular complexity index is 863. The van der Waals surface area contributed by atoms with Crippen molar-refractivity contribution >= 4 is 17.0 Å². The zero-order valence-electron chi connectivity index (χ0n) is 14.6. The van der Waals surface area contributed by atoms with Crippen molar-refractivity contribution in [2.75, 3.05) is 31.2 Å². The highest BCUT2D eigenvalue weighted by atomic mass is 16.3. The van der Waals surface area contributed by atoms with Gasteiger partial charge in [0.25, 0.3) is 0 Å². The van der Waals surface area contributed by atoms with E-state index in [1.165, 1.54) is 11.9 Å². The molecule has 0 saturated carbocycles. The van der Waals surface area contributed by atoms with E-state index in [1.807, 2.05) is 6.07 Å². The molecule has 0 aliphatic carbocycles. The number of aromatic nitrogens is 4. The van der Waals surface area contributed by atoms with E-state index in [1.54, 1.807) is 10.9 Å². The number of hydrogen-bond acceptors (Lipinski definition) is 6. The largest absolute Gasteiger partial charge is 0.394 e. The van der Waals surface area contributed by atoms with E-state index in [0.717, 1.165) is 37.3 Å². The summed E-state index contributed by atoms with van der Waals surface area (Å²) in [4.78, 5) is 15.5. The standard InChI is InChI=1S/C19H23N5O2/c25-10-16(11-26)24-13-22-17-18(20-12-21-19(17)24)23-7-6-15(9-23)8-14-4-2-1-3-5-14/h1-5,12-13,15-16,25-26H,6-11H2. The van der Waals surface area contributed by atoms with Crippen molar-refractivity contribution < 1.29 is 10.2 Å². The van der Waals surface area contributed by atoms with Gasteiger partial charge in [-0.25, -0.2) is 15.0 Å². The van der Waals surface area contributed by atoms with Gasteiger partial charge >= 0.3 is 0 Å². The summed E-state index contributed by atoms with van der Waals surface area (Å²) in [6.45, 7) is 1.56. The average molecular weight is 353 g/mol. The number of nitrogens with zero attached hydrogens (tertiary/aromatic N) is 5. The Balaban J connectivity index is 1.56. The molecule has 136 valence electrons. The zero-order chi connectivity index (χ0) is 17.9. The molecule has 26 heavy (non-hydrogen) atoms. The topological polar surface area (TPSA) is 87.3 Å². The predicted molar refractivity (Wildman–Crippen MR) is 99.0 cm³/mol. The molecule has 7 heteroatoms. The van der Waals surface area contributed by atoms with Gasteiger partial charge in [-0.1, -0.05) is 30.3 Å². The molecule has 3 aromatic rings. The highest BCUT2D eigenvalue weighted by Crippen LogP contribution is 2.29. The number of aliphatic hydroxyl groups excluding tert-OH is 2.